The number of carboxylic acid groups (broad SMARTS) is 1. The van der Waals surface area contributed by atoms with Gasteiger partial charge in [-0.2, -0.15) is 13.2 Å². The first kappa shape index (κ1) is 25.7. The average Bonchev–Trinajstić information content (AvgIpc) is 2.75. The van der Waals surface area contributed by atoms with Gasteiger partial charge in [0, 0.05) is 6.42 Å². The SMILES string of the molecule is CC(C)[C@H](NC(=O)OCc1ccccc1)C(=O)N[C@H](Cc1ccccc1C(F)(F)F)C(=O)O. The number of amides is 2. The van der Waals surface area contributed by atoms with E-state index in [4.69, 9.17) is 4.74 Å². The average molecular weight is 466 g/mol. The summed E-state index contributed by atoms with van der Waals surface area (Å²) in [5, 5.41) is 14.1. The number of benzene rings is 2. The second-order valence-electron chi connectivity index (χ2n) is 7.69. The molecule has 0 heterocycles. The van der Waals surface area contributed by atoms with E-state index in [1.165, 1.54) is 12.1 Å². The molecule has 0 aliphatic rings. The Balaban J connectivity index is 2.07. The normalized spacial score (nSPS) is 13.2. The van der Waals surface area contributed by atoms with E-state index in [9.17, 15) is 32.7 Å². The van der Waals surface area contributed by atoms with Gasteiger partial charge in [-0.1, -0.05) is 62.4 Å². The van der Waals surface area contributed by atoms with Crippen LogP contribution in [0.15, 0.2) is 54.6 Å². The van der Waals surface area contributed by atoms with Gasteiger partial charge in [-0.3, -0.25) is 4.79 Å². The Labute approximate surface area is 188 Å². The lowest BCUT2D eigenvalue weighted by atomic mass is 9.98. The molecule has 3 N–H and O–H groups in total. The van der Waals surface area contributed by atoms with Crippen molar-refractivity contribution in [2.75, 3.05) is 0 Å². The molecule has 2 amide bonds. The van der Waals surface area contributed by atoms with Gasteiger partial charge in [-0.15, -0.1) is 0 Å². The van der Waals surface area contributed by atoms with Crippen LogP contribution in [0.1, 0.15) is 30.5 Å². The zero-order chi connectivity index (χ0) is 24.6. The van der Waals surface area contributed by atoms with Gasteiger partial charge in [-0.05, 0) is 23.1 Å². The van der Waals surface area contributed by atoms with Crippen LogP contribution in [0.4, 0.5) is 18.0 Å². The van der Waals surface area contributed by atoms with E-state index < -0.39 is 54.1 Å². The van der Waals surface area contributed by atoms with Gasteiger partial charge in [-0.25, -0.2) is 9.59 Å². The molecule has 7 nitrogen and oxygen atoms in total. The number of nitrogens with one attached hydrogen (secondary N) is 2. The number of halogens is 3. The summed E-state index contributed by atoms with van der Waals surface area (Å²) >= 11 is 0. The number of hydrogen-bond acceptors (Lipinski definition) is 4. The minimum Gasteiger partial charge on any atom is -0.480 e. The Hall–Kier alpha value is -3.56. The summed E-state index contributed by atoms with van der Waals surface area (Å²) in [5.41, 5.74) is -0.519. The largest absolute Gasteiger partial charge is 0.480 e. The van der Waals surface area contributed by atoms with E-state index >= 15 is 0 Å². The van der Waals surface area contributed by atoms with E-state index in [-0.39, 0.29) is 12.2 Å². The van der Waals surface area contributed by atoms with Crippen LogP contribution >= 0.6 is 0 Å². The summed E-state index contributed by atoms with van der Waals surface area (Å²) in [7, 11) is 0. The standard InChI is InChI=1S/C23H25F3N2O5/c1-14(2)19(28-22(32)33-13-15-8-4-3-5-9-15)20(29)27-18(21(30)31)12-16-10-6-7-11-17(16)23(24,25)26/h3-11,14,18-19H,12-13H2,1-2H3,(H,27,29)(H,28,32)(H,30,31)/t18-,19+/m1/s1. The predicted molar refractivity (Wildman–Crippen MR) is 113 cm³/mol. The highest BCUT2D eigenvalue weighted by atomic mass is 19.4. The maximum atomic E-state index is 13.2. The van der Waals surface area contributed by atoms with Crippen molar-refractivity contribution in [2.24, 2.45) is 5.92 Å². The van der Waals surface area contributed by atoms with Crippen LogP contribution in [-0.2, 0) is 33.5 Å². The number of carbonyl (C=O) groups is 3. The van der Waals surface area contributed by atoms with Gasteiger partial charge < -0.3 is 20.5 Å². The van der Waals surface area contributed by atoms with Gasteiger partial charge in [0.15, 0.2) is 0 Å². The summed E-state index contributed by atoms with van der Waals surface area (Å²) in [4.78, 5) is 36.5. The lowest BCUT2D eigenvalue weighted by Gasteiger charge is -2.24. The lowest BCUT2D eigenvalue weighted by Crippen LogP contribution is -2.54. The third-order valence-corrected chi connectivity index (χ3v) is 4.80. The molecule has 33 heavy (non-hydrogen) atoms. The monoisotopic (exact) mass is 466 g/mol. The van der Waals surface area contributed by atoms with Crippen molar-refractivity contribution in [3.8, 4) is 0 Å². The first-order chi connectivity index (χ1) is 15.5. The van der Waals surface area contributed by atoms with Crippen LogP contribution in [0.2, 0.25) is 0 Å². The molecular weight excluding hydrogens is 441 g/mol. The molecule has 0 bridgehead atoms. The quantitative estimate of drug-likeness (QED) is 0.522. The van der Waals surface area contributed by atoms with Gasteiger partial charge in [0.1, 0.15) is 18.7 Å². The number of alkyl halides is 3. The molecule has 0 aliphatic carbocycles. The summed E-state index contributed by atoms with van der Waals surface area (Å²) < 4.78 is 44.8. The molecule has 0 saturated carbocycles. The first-order valence-corrected chi connectivity index (χ1v) is 10.1. The van der Waals surface area contributed by atoms with E-state index in [1.54, 1.807) is 44.2 Å². The molecule has 0 spiro atoms. The van der Waals surface area contributed by atoms with Gasteiger partial charge in [0.2, 0.25) is 5.91 Å². The van der Waals surface area contributed by atoms with Crippen molar-refractivity contribution in [3.63, 3.8) is 0 Å². The van der Waals surface area contributed by atoms with E-state index in [0.717, 1.165) is 17.7 Å². The fraction of sp³-hybridized carbons (Fsp3) is 0.348. The summed E-state index contributed by atoms with van der Waals surface area (Å²) in [6.45, 7) is 3.21. The second kappa shape index (κ2) is 11.3. The molecule has 2 aromatic carbocycles. The van der Waals surface area contributed by atoms with E-state index in [0.29, 0.717) is 0 Å². The van der Waals surface area contributed by atoms with Gasteiger partial charge >= 0.3 is 18.2 Å². The Morgan fingerprint density at radius 3 is 2.15 bits per heavy atom. The van der Waals surface area contributed by atoms with E-state index in [1.807, 2.05) is 0 Å². The smallest absolute Gasteiger partial charge is 0.416 e. The van der Waals surface area contributed by atoms with Crippen molar-refractivity contribution in [1.82, 2.24) is 10.6 Å². The topological polar surface area (TPSA) is 105 Å². The second-order valence-corrected chi connectivity index (χ2v) is 7.69. The van der Waals surface area contributed by atoms with Crippen molar-refractivity contribution in [3.05, 3.63) is 71.3 Å². The third-order valence-electron chi connectivity index (χ3n) is 4.80. The number of rotatable bonds is 9. The van der Waals surface area contributed by atoms with Crippen molar-refractivity contribution >= 4 is 18.0 Å². The first-order valence-electron chi connectivity index (χ1n) is 10.1. The summed E-state index contributed by atoms with van der Waals surface area (Å²) in [6.07, 6.45) is -6.14. The fourth-order valence-electron chi connectivity index (χ4n) is 3.08. The summed E-state index contributed by atoms with van der Waals surface area (Å²) in [5.74, 6) is -2.81. The number of hydrogen-bond donors (Lipinski definition) is 3. The van der Waals surface area contributed by atoms with Crippen LogP contribution in [0.5, 0.6) is 0 Å². The molecular formula is C23H25F3N2O5. The molecule has 2 atom stereocenters. The Kier molecular flexibility index (Phi) is 8.84. The number of ether oxygens (including phenoxy) is 1. The molecule has 0 unspecified atom stereocenters. The lowest BCUT2D eigenvalue weighted by molar-refractivity contribution is -0.143. The maximum absolute atomic E-state index is 13.2. The van der Waals surface area contributed by atoms with E-state index in [2.05, 4.69) is 10.6 Å². The Bertz CT molecular complexity index is 964. The maximum Gasteiger partial charge on any atom is 0.416 e. The Morgan fingerprint density at radius 2 is 1.58 bits per heavy atom. The third kappa shape index (κ3) is 7.81. The van der Waals surface area contributed by atoms with Crippen molar-refractivity contribution < 1.29 is 37.4 Å². The number of aliphatic carboxylic acids is 1. The molecule has 0 radical (unpaired) electrons. The highest BCUT2D eigenvalue weighted by Crippen LogP contribution is 2.32. The Morgan fingerprint density at radius 1 is 0.970 bits per heavy atom. The predicted octanol–water partition coefficient (Wildman–Crippen LogP) is 3.77. The zero-order valence-corrected chi connectivity index (χ0v) is 18.1. The number of carbonyl (C=O) groups excluding carboxylic acids is 2. The molecule has 0 saturated heterocycles. The van der Waals surface area contributed by atoms with Gasteiger partial charge in [0.25, 0.3) is 0 Å². The molecule has 2 aromatic rings. The fourth-order valence-corrected chi connectivity index (χ4v) is 3.08. The highest BCUT2D eigenvalue weighted by molar-refractivity contribution is 5.89. The molecule has 10 heteroatoms. The summed E-state index contributed by atoms with van der Waals surface area (Å²) in [6, 6.07) is 10.6. The molecule has 0 fully saturated rings. The number of carboxylic acids is 1. The van der Waals surface area contributed by atoms with Crippen LogP contribution in [-0.4, -0.2) is 35.2 Å². The molecule has 178 valence electrons. The highest BCUT2D eigenvalue weighted by Gasteiger charge is 2.35. The minimum atomic E-state index is -4.67. The van der Waals surface area contributed by atoms with Crippen molar-refractivity contribution in [1.29, 1.82) is 0 Å². The molecule has 0 aliphatic heterocycles. The van der Waals surface area contributed by atoms with Gasteiger partial charge in [0.05, 0.1) is 5.56 Å². The van der Waals surface area contributed by atoms with Crippen LogP contribution in [0.3, 0.4) is 0 Å². The van der Waals surface area contributed by atoms with Crippen LogP contribution in [0, 0.1) is 5.92 Å². The minimum absolute atomic E-state index is 0.0366. The zero-order valence-electron chi connectivity index (χ0n) is 18.1. The van der Waals surface area contributed by atoms with Crippen LogP contribution < -0.4 is 10.6 Å². The number of alkyl carbamates (subject to hydrolysis) is 1. The molecule has 0 aromatic heterocycles. The van der Waals surface area contributed by atoms with Crippen LogP contribution in [0.25, 0.3) is 0 Å². The molecule has 2 rings (SSSR count). The van der Waals surface area contributed by atoms with Crippen molar-refractivity contribution in [2.45, 2.75) is 45.1 Å².